The Balaban J connectivity index is 1.94. The van der Waals surface area contributed by atoms with Gasteiger partial charge in [0.25, 0.3) is 0 Å². The smallest absolute Gasteiger partial charge is 0.0139 e. The van der Waals surface area contributed by atoms with Gasteiger partial charge in [0.2, 0.25) is 0 Å². The lowest BCUT2D eigenvalue weighted by molar-refractivity contribution is 0.153. The lowest BCUT2D eigenvalue weighted by atomic mass is 9.79. The van der Waals surface area contributed by atoms with Crippen molar-refractivity contribution in [3.8, 4) is 0 Å². The van der Waals surface area contributed by atoms with Gasteiger partial charge in [-0.2, -0.15) is 0 Å². The number of rotatable bonds is 0. The molecule has 50 valence electrons. The van der Waals surface area contributed by atoms with Gasteiger partial charge in [-0.1, -0.05) is 0 Å². The van der Waals surface area contributed by atoms with Crippen LogP contribution >= 0.6 is 0 Å². The van der Waals surface area contributed by atoms with E-state index >= 15 is 0 Å². The third-order valence-electron chi connectivity index (χ3n) is 3.68. The number of hydrogen-bond acceptors (Lipinski definition) is 1. The largest absolute Gasteiger partial charge is 0.313 e. The lowest BCUT2D eigenvalue weighted by Crippen LogP contribution is -2.55. The molecule has 2 aliphatic carbocycles. The highest BCUT2D eigenvalue weighted by molar-refractivity contribution is 5.06. The van der Waals surface area contributed by atoms with Gasteiger partial charge in [0.15, 0.2) is 0 Å². The number of hydrogen-bond donors (Lipinski definition) is 1. The third kappa shape index (κ3) is 0.420. The second-order valence-electron chi connectivity index (χ2n) is 3.93. The maximum absolute atomic E-state index is 3.54. The van der Waals surface area contributed by atoms with Crippen LogP contribution in [0.25, 0.3) is 0 Å². The van der Waals surface area contributed by atoms with Crippen LogP contribution < -0.4 is 5.32 Å². The molecule has 3 fully saturated rings. The quantitative estimate of drug-likeness (QED) is 0.507. The van der Waals surface area contributed by atoms with E-state index in [-0.39, 0.29) is 0 Å². The fourth-order valence-electron chi connectivity index (χ4n) is 3.13. The molecule has 4 atom stereocenters. The zero-order chi connectivity index (χ0) is 5.84. The lowest BCUT2D eigenvalue weighted by Gasteiger charge is -2.41. The first-order valence-electron chi connectivity index (χ1n) is 4.18. The molecule has 1 N–H and O–H groups in total. The topological polar surface area (TPSA) is 12.0 Å². The summed E-state index contributed by atoms with van der Waals surface area (Å²) in [6.07, 6.45) is 4.63. The maximum atomic E-state index is 3.54. The van der Waals surface area contributed by atoms with E-state index in [4.69, 9.17) is 0 Å². The summed E-state index contributed by atoms with van der Waals surface area (Å²) < 4.78 is 0. The Labute approximate surface area is 55.8 Å². The molecule has 1 heteroatoms. The Morgan fingerprint density at radius 2 is 2.00 bits per heavy atom. The van der Waals surface area contributed by atoms with Gasteiger partial charge in [0.05, 0.1) is 0 Å². The summed E-state index contributed by atoms with van der Waals surface area (Å²) in [5.41, 5.74) is 0. The summed E-state index contributed by atoms with van der Waals surface area (Å²) >= 11 is 0. The van der Waals surface area contributed by atoms with Gasteiger partial charge in [-0.3, -0.25) is 0 Å². The normalized spacial score (nSPS) is 61.3. The summed E-state index contributed by atoms with van der Waals surface area (Å²) in [4.78, 5) is 0. The predicted octanol–water partition coefficient (Wildman–Crippen LogP) is 1.00. The maximum Gasteiger partial charge on any atom is 0.0139 e. The van der Waals surface area contributed by atoms with E-state index in [0.717, 1.165) is 23.8 Å². The molecule has 0 aromatic heterocycles. The van der Waals surface area contributed by atoms with E-state index in [1.807, 2.05) is 0 Å². The van der Waals surface area contributed by atoms with Gasteiger partial charge in [-0.05, 0) is 43.6 Å². The molecule has 1 nitrogen and oxygen atoms in total. The molecule has 9 heavy (non-hydrogen) atoms. The highest BCUT2D eigenvalue weighted by Crippen LogP contribution is 2.51. The van der Waals surface area contributed by atoms with E-state index < -0.39 is 0 Å². The molecule has 0 unspecified atom stereocenters. The van der Waals surface area contributed by atoms with Crippen molar-refractivity contribution in [1.29, 1.82) is 0 Å². The van der Waals surface area contributed by atoms with Crippen molar-refractivity contribution in [2.45, 2.75) is 25.3 Å². The molecule has 3 aliphatic rings. The van der Waals surface area contributed by atoms with Crippen molar-refractivity contribution in [2.75, 3.05) is 6.54 Å². The Morgan fingerprint density at radius 3 is 2.44 bits per heavy atom. The van der Waals surface area contributed by atoms with Crippen LogP contribution in [0.4, 0.5) is 0 Å². The van der Waals surface area contributed by atoms with Crippen LogP contribution in [0.1, 0.15) is 19.3 Å². The molecule has 0 spiro atoms. The van der Waals surface area contributed by atoms with E-state index in [1.165, 1.54) is 13.0 Å². The van der Waals surface area contributed by atoms with Crippen molar-refractivity contribution in [3.63, 3.8) is 0 Å². The molecule has 3 rings (SSSR count). The van der Waals surface area contributed by atoms with Crippen LogP contribution in [-0.2, 0) is 0 Å². The van der Waals surface area contributed by atoms with Gasteiger partial charge in [-0.15, -0.1) is 0 Å². The van der Waals surface area contributed by atoms with Gasteiger partial charge in [0, 0.05) is 6.04 Å². The first-order chi connectivity index (χ1) is 4.45. The Hall–Kier alpha value is -0.0400. The minimum absolute atomic E-state index is 0.976. The van der Waals surface area contributed by atoms with E-state index in [2.05, 4.69) is 5.32 Å². The molecule has 2 bridgehead atoms. The second-order valence-corrected chi connectivity index (χ2v) is 3.93. The number of fused-ring (bicyclic) bond motifs is 5. The molecule has 0 amide bonds. The van der Waals surface area contributed by atoms with Crippen LogP contribution in [0.5, 0.6) is 0 Å². The summed E-state index contributed by atoms with van der Waals surface area (Å²) in [5.74, 6) is 3.35. The van der Waals surface area contributed by atoms with E-state index in [0.29, 0.717) is 0 Å². The Kier molecular flexibility index (Phi) is 0.704. The molecule has 2 saturated carbocycles. The van der Waals surface area contributed by atoms with Crippen LogP contribution in [0.2, 0.25) is 0 Å². The van der Waals surface area contributed by atoms with Crippen molar-refractivity contribution in [2.24, 2.45) is 17.8 Å². The highest BCUT2D eigenvalue weighted by atomic mass is 15.0. The molecule has 1 heterocycles. The zero-order valence-electron chi connectivity index (χ0n) is 5.64. The molecule has 0 aromatic rings. The first-order valence-corrected chi connectivity index (χ1v) is 4.18. The fourth-order valence-corrected chi connectivity index (χ4v) is 3.13. The average molecular weight is 123 g/mol. The van der Waals surface area contributed by atoms with Crippen LogP contribution in [0, 0.1) is 17.8 Å². The van der Waals surface area contributed by atoms with Crippen LogP contribution in [0.3, 0.4) is 0 Å². The molecular weight excluding hydrogens is 110 g/mol. The van der Waals surface area contributed by atoms with Gasteiger partial charge in [-0.25, -0.2) is 0 Å². The number of nitrogens with one attached hydrogen (secondary N) is 1. The minimum atomic E-state index is 0.976. The van der Waals surface area contributed by atoms with Crippen molar-refractivity contribution < 1.29 is 0 Å². The predicted molar refractivity (Wildman–Crippen MR) is 36.1 cm³/mol. The summed E-state index contributed by atoms with van der Waals surface area (Å²) in [6, 6.07) is 0.976. The molecule has 1 saturated heterocycles. The fraction of sp³-hybridized carbons (Fsp3) is 1.00. The van der Waals surface area contributed by atoms with E-state index in [9.17, 15) is 0 Å². The standard InChI is InChI=1S/C8H13N/c1-2-6-3-5(1)7-4-9-8(6)7/h5-9H,1-4H2/t5-,6+,7+,8+/m0/s1. The Bertz CT molecular complexity index is 124. The third-order valence-corrected chi connectivity index (χ3v) is 3.68. The summed E-state index contributed by atoms with van der Waals surface area (Å²) in [5, 5.41) is 3.54. The van der Waals surface area contributed by atoms with Crippen LogP contribution in [0.15, 0.2) is 0 Å². The minimum Gasteiger partial charge on any atom is -0.313 e. The Morgan fingerprint density at radius 1 is 1.11 bits per heavy atom. The SMILES string of the molecule is C1C[C@@H]2C[C@H]1[C@H]1CN[C@H]21. The second kappa shape index (κ2) is 1.34. The highest BCUT2D eigenvalue weighted by Gasteiger charge is 2.51. The molecular formula is C8H13N. The zero-order valence-corrected chi connectivity index (χ0v) is 5.64. The monoisotopic (exact) mass is 123 g/mol. The van der Waals surface area contributed by atoms with E-state index in [1.54, 1.807) is 12.8 Å². The van der Waals surface area contributed by atoms with Crippen molar-refractivity contribution >= 4 is 0 Å². The van der Waals surface area contributed by atoms with Gasteiger partial charge in [0.1, 0.15) is 0 Å². The van der Waals surface area contributed by atoms with Crippen molar-refractivity contribution in [1.82, 2.24) is 5.32 Å². The van der Waals surface area contributed by atoms with Gasteiger partial charge < -0.3 is 5.32 Å². The summed E-state index contributed by atoms with van der Waals surface area (Å²) in [6.45, 7) is 1.34. The van der Waals surface area contributed by atoms with Crippen LogP contribution in [-0.4, -0.2) is 12.6 Å². The average Bonchev–Trinajstić information content (AvgIpc) is 2.18. The van der Waals surface area contributed by atoms with Gasteiger partial charge >= 0.3 is 0 Å². The molecule has 0 radical (unpaired) electrons. The van der Waals surface area contributed by atoms with Crippen molar-refractivity contribution in [3.05, 3.63) is 0 Å². The first kappa shape index (κ1) is 4.73. The molecule has 1 aliphatic heterocycles. The molecule has 0 aromatic carbocycles. The summed E-state index contributed by atoms with van der Waals surface area (Å²) in [7, 11) is 0.